The van der Waals surface area contributed by atoms with Crippen LogP contribution in [0.1, 0.15) is 13.8 Å². The van der Waals surface area contributed by atoms with Gasteiger partial charge in [-0.3, -0.25) is 9.52 Å². The number of hydrogen-bond acceptors (Lipinski definition) is 5. The van der Waals surface area contributed by atoms with Gasteiger partial charge in [0.15, 0.2) is 0 Å². The van der Waals surface area contributed by atoms with Gasteiger partial charge in [-0.05, 0) is 38.1 Å². The maximum absolute atomic E-state index is 12.5. The fourth-order valence-corrected chi connectivity index (χ4v) is 3.92. The van der Waals surface area contributed by atoms with Gasteiger partial charge in [-0.15, -0.1) is 11.8 Å². The molecule has 0 aliphatic carbocycles. The van der Waals surface area contributed by atoms with Crippen LogP contribution in [-0.4, -0.2) is 32.4 Å². The summed E-state index contributed by atoms with van der Waals surface area (Å²) in [6, 6.07) is 12.0. The highest BCUT2D eigenvalue weighted by atomic mass is 35.5. The number of amides is 1. The van der Waals surface area contributed by atoms with Gasteiger partial charge in [0.2, 0.25) is 15.9 Å². The van der Waals surface area contributed by atoms with Crippen LogP contribution < -0.4 is 14.8 Å². The average Bonchev–Trinajstić information content (AvgIpc) is 2.64. The van der Waals surface area contributed by atoms with Gasteiger partial charge in [-0.25, -0.2) is 8.42 Å². The smallest absolute Gasteiger partial charge is 0.237 e. The molecular formula is C18H21ClN2O4S2. The molecule has 1 amide bonds. The number of benzene rings is 2. The number of halogens is 1. The number of rotatable bonds is 8. The third-order valence-corrected chi connectivity index (χ3v) is 6.53. The third kappa shape index (κ3) is 6.05. The van der Waals surface area contributed by atoms with Crippen LogP contribution >= 0.6 is 23.4 Å². The van der Waals surface area contributed by atoms with Crippen LogP contribution in [0.4, 0.5) is 11.4 Å². The van der Waals surface area contributed by atoms with E-state index in [1.807, 2.05) is 18.2 Å². The summed E-state index contributed by atoms with van der Waals surface area (Å²) in [5.41, 5.74) is 0.818. The summed E-state index contributed by atoms with van der Waals surface area (Å²) in [6.45, 7) is 3.33. The van der Waals surface area contributed by atoms with Crippen LogP contribution in [0.25, 0.3) is 0 Å². The molecule has 1 unspecified atom stereocenters. The molecule has 0 radical (unpaired) electrons. The predicted octanol–water partition coefficient (Wildman–Crippen LogP) is 4.23. The molecular weight excluding hydrogens is 408 g/mol. The summed E-state index contributed by atoms with van der Waals surface area (Å²) in [6.07, 6.45) is 0. The van der Waals surface area contributed by atoms with Crippen molar-refractivity contribution in [1.82, 2.24) is 0 Å². The first-order valence-corrected chi connectivity index (χ1v) is 11.1. The second-order valence-corrected chi connectivity index (χ2v) is 9.40. The molecule has 0 spiro atoms. The molecule has 27 heavy (non-hydrogen) atoms. The fraction of sp³-hybridized carbons (Fsp3) is 0.278. The molecule has 6 nitrogen and oxygen atoms in total. The van der Waals surface area contributed by atoms with Crippen molar-refractivity contribution in [2.45, 2.75) is 24.0 Å². The molecule has 0 saturated heterocycles. The Kier molecular flexibility index (Phi) is 7.41. The van der Waals surface area contributed by atoms with Gasteiger partial charge in [0.1, 0.15) is 5.75 Å². The number of hydrogen-bond donors (Lipinski definition) is 2. The van der Waals surface area contributed by atoms with Gasteiger partial charge in [-0.1, -0.05) is 23.7 Å². The lowest BCUT2D eigenvalue weighted by Crippen LogP contribution is -2.22. The van der Waals surface area contributed by atoms with Gasteiger partial charge in [0.25, 0.3) is 0 Å². The molecule has 9 heteroatoms. The van der Waals surface area contributed by atoms with Crippen molar-refractivity contribution < 1.29 is 17.9 Å². The van der Waals surface area contributed by atoms with E-state index >= 15 is 0 Å². The van der Waals surface area contributed by atoms with E-state index in [0.29, 0.717) is 22.1 Å². The Morgan fingerprint density at radius 3 is 2.59 bits per heavy atom. The number of carbonyl (C=O) groups excluding carboxylic acids is 1. The molecule has 2 rings (SSSR count). The molecule has 0 aliphatic heterocycles. The van der Waals surface area contributed by atoms with Crippen molar-refractivity contribution in [3.8, 4) is 5.75 Å². The first-order valence-electron chi connectivity index (χ1n) is 8.16. The Bertz CT molecular complexity index is 919. The second-order valence-electron chi connectivity index (χ2n) is 5.60. The number of nitrogens with one attached hydrogen (secondary N) is 2. The summed E-state index contributed by atoms with van der Waals surface area (Å²) in [5.74, 6) is 0.0610. The molecule has 1 atom stereocenters. The largest absolute Gasteiger partial charge is 0.494 e. The predicted molar refractivity (Wildman–Crippen MR) is 111 cm³/mol. The zero-order chi connectivity index (χ0) is 20.0. The number of carbonyl (C=O) groups is 1. The van der Waals surface area contributed by atoms with E-state index in [1.54, 1.807) is 38.1 Å². The number of thioether (sulfide) groups is 1. The highest BCUT2D eigenvalue weighted by Gasteiger charge is 2.17. The number of sulfonamides is 1. The maximum atomic E-state index is 12.5. The lowest BCUT2D eigenvalue weighted by atomic mass is 10.2. The van der Waals surface area contributed by atoms with E-state index in [9.17, 15) is 13.2 Å². The summed E-state index contributed by atoms with van der Waals surface area (Å²) in [4.78, 5) is 13.3. The minimum atomic E-state index is -3.43. The van der Waals surface area contributed by atoms with E-state index in [1.165, 1.54) is 18.9 Å². The minimum Gasteiger partial charge on any atom is -0.494 e. The monoisotopic (exact) mass is 428 g/mol. The summed E-state index contributed by atoms with van der Waals surface area (Å²) in [5, 5.41) is 3.01. The second kappa shape index (κ2) is 9.34. The SMILES string of the molecule is CCS(=O)(=O)Nc1ccc(NC(=O)C(C)Sc2ccccc2Cl)cc1OC. The molecule has 0 bridgehead atoms. The van der Waals surface area contributed by atoms with Crippen molar-refractivity contribution in [2.24, 2.45) is 0 Å². The molecule has 0 heterocycles. The van der Waals surface area contributed by atoms with Crippen molar-refractivity contribution in [2.75, 3.05) is 22.9 Å². The number of anilines is 2. The molecule has 0 saturated carbocycles. The Balaban J connectivity index is 2.10. The quantitative estimate of drug-likeness (QED) is 0.614. The van der Waals surface area contributed by atoms with Crippen LogP contribution in [-0.2, 0) is 14.8 Å². The van der Waals surface area contributed by atoms with Crippen LogP contribution in [0.3, 0.4) is 0 Å². The van der Waals surface area contributed by atoms with Crippen molar-refractivity contribution >= 4 is 50.7 Å². The molecule has 0 aromatic heterocycles. The molecule has 2 aromatic rings. The summed E-state index contributed by atoms with van der Waals surface area (Å²) >= 11 is 7.48. The zero-order valence-electron chi connectivity index (χ0n) is 15.2. The minimum absolute atomic E-state index is 0.0502. The molecule has 2 N–H and O–H groups in total. The molecule has 0 aliphatic rings. The van der Waals surface area contributed by atoms with Gasteiger partial charge in [0.05, 0.1) is 28.8 Å². The van der Waals surface area contributed by atoms with Gasteiger partial charge in [-0.2, -0.15) is 0 Å². The van der Waals surface area contributed by atoms with E-state index in [0.717, 1.165) is 4.90 Å². The zero-order valence-corrected chi connectivity index (χ0v) is 17.5. The van der Waals surface area contributed by atoms with Crippen LogP contribution in [0.15, 0.2) is 47.4 Å². The first-order chi connectivity index (χ1) is 12.8. The van der Waals surface area contributed by atoms with Crippen LogP contribution in [0, 0.1) is 0 Å². The molecule has 0 fully saturated rings. The van der Waals surface area contributed by atoms with Gasteiger partial charge in [0, 0.05) is 16.6 Å². The summed E-state index contributed by atoms with van der Waals surface area (Å²) < 4.78 is 31.2. The first kappa shape index (κ1) is 21.4. The lowest BCUT2D eigenvalue weighted by Gasteiger charge is -2.15. The van der Waals surface area contributed by atoms with Crippen molar-refractivity contribution in [3.63, 3.8) is 0 Å². The van der Waals surface area contributed by atoms with Crippen LogP contribution in [0.2, 0.25) is 5.02 Å². The molecule has 2 aromatic carbocycles. The topological polar surface area (TPSA) is 84.5 Å². The Morgan fingerprint density at radius 1 is 1.26 bits per heavy atom. The summed E-state index contributed by atoms with van der Waals surface area (Å²) in [7, 11) is -2.00. The van der Waals surface area contributed by atoms with Crippen LogP contribution in [0.5, 0.6) is 5.75 Å². The normalized spacial score (nSPS) is 12.3. The number of methoxy groups -OCH3 is 1. The Hall–Kier alpha value is -1.90. The van der Waals surface area contributed by atoms with E-state index in [2.05, 4.69) is 10.0 Å². The van der Waals surface area contributed by atoms with E-state index in [4.69, 9.17) is 16.3 Å². The van der Waals surface area contributed by atoms with Gasteiger partial charge >= 0.3 is 0 Å². The average molecular weight is 429 g/mol. The maximum Gasteiger partial charge on any atom is 0.237 e. The standard InChI is InChI=1S/C18H21ClN2O4S2/c1-4-27(23,24)21-15-10-9-13(11-16(15)25-3)20-18(22)12(2)26-17-8-6-5-7-14(17)19/h5-12,21H,4H2,1-3H3,(H,20,22). The van der Waals surface area contributed by atoms with E-state index in [-0.39, 0.29) is 16.9 Å². The third-order valence-electron chi connectivity index (χ3n) is 3.62. The van der Waals surface area contributed by atoms with E-state index < -0.39 is 10.0 Å². The van der Waals surface area contributed by atoms with Gasteiger partial charge < -0.3 is 10.1 Å². The lowest BCUT2D eigenvalue weighted by molar-refractivity contribution is -0.115. The highest BCUT2D eigenvalue weighted by molar-refractivity contribution is 8.00. The fourth-order valence-electron chi connectivity index (χ4n) is 2.12. The van der Waals surface area contributed by atoms with Crippen molar-refractivity contribution in [3.05, 3.63) is 47.5 Å². The number of ether oxygens (including phenoxy) is 1. The Labute approximate surface area is 168 Å². The van der Waals surface area contributed by atoms with Crippen molar-refractivity contribution in [1.29, 1.82) is 0 Å². The Morgan fingerprint density at radius 2 is 1.96 bits per heavy atom. The highest BCUT2D eigenvalue weighted by Crippen LogP contribution is 2.32. The molecule has 146 valence electrons.